The Hall–Kier alpha value is -3.35. The number of hydrogen-bond acceptors (Lipinski definition) is 4. The molecular formula is C18H17N3O4. The number of nitrogens with two attached hydrogens (primary N) is 1. The summed E-state index contributed by atoms with van der Waals surface area (Å²) in [6.45, 7) is -0.175. The largest absolute Gasteiger partial charge is 0.484 e. The first-order valence-corrected chi connectivity index (χ1v) is 7.66. The van der Waals surface area contributed by atoms with E-state index < -0.39 is 5.91 Å². The van der Waals surface area contributed by atoms with E-state index in [-0.39, 0.29) is 18.4 Å². The van der Waals surface area contributed by atoms with E-state index in [1.807, 2.05) is 0 Å². The van der Waals surface area contributed by atoms with Crippen LogP contribution in [0.5, 0.6) is 5.75 Å². The lowest BCUT2D eigenvalue weighted by molar-refractivity contribution is -0.118. The number of benzene rings is 2. The lowest BCUT2D eigenvalue weighted by Gasteiger charge is -2.11. The molecule has 0 spiro atoms. The normalized spacial score (nSPS) is 12.7. The van der Waals surface area contributed by atoms with Gasteiger partial charge in [0.05, 0.1) is 6.42 Å². The minimum absolute atomic E-state index is 0.0289. The summed E-state index contributed by atoms with van der Waals surface area (Å²) in [5.41, 5.74) is 7.88. The number of rotatable bonds is 5. The molecule has 0 saturated heterocycles. The summed E-state index contributed by atoms with van der Waals surface area (Å²) in [4.78, 5) is 36.3. The van der Waals surface area contributed by atoms with Crippen molar-refractivity contribution >= 4 is 29.1 Å². The van der Waals surface area contributed by atoms with Crippen molar-refractivity contribution in [1.29, 1.82) is 0 Å². The minimum atomic E-state index is -0.523. The van der Waals surface area contributed by atoms with Crippen LogP contribution in [0.4, 0.5) is 11.4 Å². The number of nitrogens with one attached hydrogen (secondary N) is 1. The molecule has 3 amide bonds. The molecule has 1 heterocycles. The lowest BCUT2D eigenvalue weighted by Crippen LogP contribution is -2.20. The third kappa shape index (κ3) is 3.60. The first kappa shape index (κ1) is 16.5. The molecule has 3 rings (SSSR count). The van der Waals surface area contributed by atoms with Gasteiger partial charge in [-0.25, -0.2) is 0 Å². The number of amides is 3. The minimum Gasteiger partial charge on any atom is -0.484 e. The second-order valence-corrected chi connectivity index (χ2v) is 5.70. The number of likely N-dealkylation sites (N-methyl/N-ethyl adjacent to an activating group) is 1. The number of carbonyl (C=O) groups is 3. The number of carbonyl (C=O) groups excluding carboxylic acids is 3. The van der Waals surface area contributed by atoms with E-state index in [0.717, 1.165) is 11.3 Å². The summed E-state index contributed by atoms with van der Waals surface area (Å²) in [5.74, 6) is -0.357. The third-order valence-electron chi connectivity index (χ3n) is 3.95. The van der Waals surface area contributed by atoms with Crippen molar-refractivity contribution in [2.24, 2.45) is 5.73 Å². The maximum Gasteiger partial charge on any atom is 0.262 e. The van der Waals surface area contributed by atoms with E-state index in [1.165, 1.54) is 12.1 Å². The number of ether oxygens (including phenoxy) is 1. The van der Waals surface area contributed by atoms with Crippen LogP contribution in [0, 0.1) is 0 Å². The Labute approximate surface area is 144 Å². The molecule has 1 aliphatic heterocycles. The first-order chi connectivity index (χ1) is 11.9. The molecule has 0 bridgehead atoms. The molecule has 128 valence electrons. The van der Waals surface area contributed by atoms with Gasteiger partial charge in [0, 0.05) is 24.0 Å². The van der Waals surface area contributed by atoms with Crippen LogP contribution in [-0.4, -0.2) is 31.4 Å². The number of primary amides is 1. The highest BCUT2D eigenvalue weighted by molar-refractivity contribution is 6.02. The molecule has 0 aromatic heterocycles. The molecule has 0 aliphatic carbocycles. The van der Waals surface area contributed by atoms with Crippen molar-refractivity contribution in [2.45, 2.75) is 6.42 Å². The summed E-state index contributed by atoms with van der Waals surface area (Å²) in [5, 5.41) is 2.73. The van der Waals surface area contributed by atoms with Crippen LogP contribution in [-0.2, 0) is 16.0 Å². The van der Waals surface area contributed by atoms with Gasteiger partial charge < -0.3 is 20.7 Å². The second kappa shape index (κ2) is 6.64. The van der Waals surface area contributed by atoms with Crippen molar-refractivity contribution in [3.05, 3.63) is 53.6 Å². The molecule has 0 radical (unpaired) electrons. The average molecular weight is 339 g/mol. The van der Waals surface area contributed by atoms with Gasteiger partial charge in [-0.1, -0.05) is 0 Å². The van der Waals surface area contributed by atoms with Crippen molar-refractivity contribution in [1.82, 2.24) is 0 Å². The first-order valence-electron chi connectivity index (χ1n) is 7.66. The number of nitrogens with zero attached hydrogens (tertiary/aromatic N) is 1. The Bertz CT molecular complexity index is 846. The molecule has 2 aromatic rings. The third-order valence-corrected chi connectivity index (χ3v) is 3.95. The highest BCUT2D eigenvalue weighted by Crippen LogP contribution is 2.29. The SMILES string of the molecule is CN1C(=O)Cc2cc(NC(=O)COc3ccc(C(N)=O)cc3)ccc21. The van der Waals surface area contributed by atoms with Gasteiger partial charge in [0.2, 0.25) is 11.8 Å². The summed E-state index contributed by atoms with van der Waals surface area (Å²) >= 11 is 0. The molecule has 1 aliphatic rings. The fourth-order valence-corrected chi connectivity index (χ4v) is 2.61. The Morgan fingerprint density at radius 1 is 1.20 bits per heavy atom. The topological polar surface area (TPSA) is 102 Å². The number of hydrogen-bond donors (Lipinski definition) is 2. The molecule has 2 aromatic carbocycles. The van der Waals surface area contributed by atoms with E-state index in [1.54, 1.807) is 42.3 Å². The predicted molar refractivity (Wildman–Crippen MR) is 92.6 cm³/mol. The predicted octanol–water partition coefficient (Wildman–Crippen LogP) is 1.32. The van der Waals surface area contributed by atoms with Gasteiger partial charge in [-0.2, -0.15) is 0 Å². The molecule has 0 saturated carbocycles. The molecule has 0 atom stereocenters. The molecule has 7 nitrogen and oxygen atoms in total. The van der Waals surface area contributed by atoms with Gasteiger partial charge in [0.15, 0.2) is 6.61 Å². The van der Waals surface area contributed by atoms with Crippen LogP contribution < -0.4 is 20.7 Å². The van der Waals surface area contributed by atoms with Crippen LogP contribution in [0.1, 0.15) is 15.9 Å². The van der Waals surface area contributed by atoms with Crippen LogP contribution in [0.25, 0.3) is 0 Å². The van der Waals surface area contributed by atoms with Crippen LogP contribution in [0.2, 0.25) is 0 Å². The van der Waals surface area contributed by atoms with E-state index in [4.69, 9.17) is 10.5 Å². The fourth-order valence-electron chi connectivity index (χ4n) is 2.61. The summed E-state index contributed by atoms with van der Waals surface area (Å²) < 4.78 is 5.37. The molecule has 25 heavy (non-hydrogen) atoms. The van der Waals surface area contributed by atoms with E-state index >= 15 is 0 Å². The van der Waals surface area contributed by atoms with Gasteiger partial charge in [0.25, 0.3) is 5.91 Å². The van der Waals surface area contributed by atoms with Crippen LogP contribution in [0.15, 0.2) is 42.5 Å². The van der Waals surface area contributed by atoms with Crippen molar-refractivity contribution < 1.29 is 19.1 Å². The Balaban J connectivity index is 1.57. The van der Waals surface area contributed by atoms with Gasteiger partial charge in [-0.3, -0.25) is 14.4 Å². The molecule has 3 N–H and O–H groups in total. The highest BCUT2D eigenvalue weighted by Gasteiger charge is 2.24. The van der Waals surface area contributed by atoms with Gasteiger partial charge >= 0.3 is 0 Å². The van der Waals surface area contributed by atoms with Crippen LogP contribution in [0.3, 0.4) is 0 Å². The Morgan fingerprint density at radius 3 is 2.60 bits per heavy atom. The van der Waals surface area contributed by atoms with Crippen LogP contribution >= 0.6 is 0 Å². The quantitative estimate of drug-likeness (QED) is 0.858. The maximum atomic E-state index is 12.0. The maximum absolute atomic E-state index is 12.0. The van der Waals surface area contributed by atoms with Gasteiger partial charge in [-0.05, 0) is 48.0 Å². The van der Waals surface area contributed by atoms with Gasteiger partial charge in [0.1, 0.15) is 5.75 Å². The van der Waals surface area contributed by atoms with Crippen molar-refractivity contribution in [3.8, 4) is 5.75 Å². The average Bonchev–Trinajstić information content (AvgIpc) is 2.87. The molecule has 0 unspecified atom stereocenters. The highest BCUT2D eigenvalue weighted by atomic mass is 16.5. The van der Waals surface area contributed by atoms with Crippen molar-refractivity contribution in [2.75, 3.05) is 23.9 Å². The van der Waals surface area contributed by atoms with E-state index in [0.29, 0.717) is 23.4 Å². The Morgan fingerprint density at radius 2 is 1.92 bits per heavy atom. The monoisotopic (exact) mass is 339 g/mol. The lowest BCUT2D eigenvalue weighted by atomic mass is 10.1. The van der Waals surface area contributed by atoms with E-state index in [9.17, 15) is 14.4 Å². The zero-order valence-corrected chi connectivity index (χ0v) is 13.6. The molecule has 7 heteroatoms. The Kier molecular flexibility index (Phi) is 4.38. The number of anilines is 2. The summed E-state index contributed by atoms with van der Waals surface area (Å²) in [6.07, 6.45) is 0.332. The van der Waals surface area contributed by atoms with Gasteiger partial charge in [-0.15, -0.1) is 0 Å². The summed E-state index contributed by atoms with van der Waals surface area (Å²) in [6, 6.07) is 11.5. The molecule has 0 fully saturated rings. The van der Waals surface area contributed by atoms with E-state index in [2.05, 4.69) is 5.32 Å². The standard InChI is InChI=1S/C18H17N3O4/c1-21-15-7-4-13(8-12(15)9-17(21)23)20-16(22)10-25-14-5-2-11(3-6-14)18(19)24/h2-8H,9-10H2,1H3,(H2,19,24)(H,20,22). The molecular weight excluding hydrogens is 322 g/mol. The fraction of sp³-hybridized carbons (Fsp3) is 0.167. The second-order valence-electron chi connectivity index (χ2n) is 5.70. The summed E-state index contributed by atoms with van der Waals surface area (Å²) in [7, 11) is 1.73. The number of fused-ring (bicyclic) bond motifs is 1. The van der Waals surface area contributed by atoms with Crippen molar-refractivity contribution in [3.63, 3.8) is 0 Å². The smallest absolute Gasteiger partial charge is 0.262 e. The zero-order valence-electron chi connectivity index (χ0n) is 13.6. The zero-order chi connectivity index (χ0) is 18.0.